The molecule has 35 heavy (non-hydrogen) atoms. The molecule has 1 N–H and O–H groups in total. The van der Waals surface area contributed by atoms with Crippen molar-refractivity contribution in [2.45, 2.75) is 18.2 Å². The molecule has 0 radical (unpaired) electrons. The zero-order valence-electron chi connectivity index (χ0n) is 18.2. The highest BCUT2D eigenvalue weighted by atomic mass is 79.9. The first-order chi connectivity index (χ1) is 16.9. The minimum absolute atomic E-state index is 0.0114. The lowest BCUT2D eigenvalue weighted by Gasteiger charge is -2.32. The molecule has 0 saturated carbocycles. The number of rotatable bonds is 5. The Hall–Kier alpha value is -3.37. The van der Waals surface area contributed by atoms with E-state index >= 15 is 0 Å². The van der Waals surface area contributed by atoms with Crippen LogP contribution >= 0.6 is 27.7 Å². The molecule has 2 heterocycles. The SMILES string of the molecule is O=C(Nc1cccc(Br)c1)C1CC(=O)N(Cc2ccc3c(c2)OCO3)C(=Nc2ccc(F)cc2)S1. The Morgan fingerprint density at radius 1 is 1.11 bits per heavy atom. The fourth-order valence-corrected chi connectivity index (χ4v) is 5.13. The Bertz CT molecular complexity index is 1320. The smallest absolute Gasteiger partial charge is 0.238 e. The molecular weight excluding hydrogens is 537 g/mol. The molecule has 1 saturated heterocycles. The predicted octanol–water partition coefficient (Wildman–Crippen LogP) is 5.48. The van der Waals surface area contributed by atoms with E-state index in [0.29, 0.717) is 28.0 Å². The molecule has 178 valence electrons. The van der Waals surface area contributed by atoms with Crippen LogP contribution in [0.25, 0.3) is 0 Å². The van der Waals surface area contributed by atoms with Crippen LogP contribution in [-0.4, -0.2) is 33.9 Å². The number of hydrogen-bond donors (Lipinski definition) is 1. The number of carbonyl (C=O) groups excluding carboxylic acids is 2. The molecule has 2 amide bonds. The van der Waals surface area contributed by atoms with Crippen molar-refractivity contribution in [2.75, 3.05) is 12.1 Å². The van der Waals surface area contributed by atoms with Crippen LogP contribution in [0.5, 0.6) is 11.5 Å². The van der Waals surface area contributed by atoms with Gasteiger partial charge in [0.15, 0.2) is 16.7 Å². The van der Waals surface area contributed by atoms with E-state index in [1.165, 1.54) is 40.9 Å². The normalized spacial score (nSPS) is 18.1. The van der Waals surface area contributed by atoms with Crippen molar-refractivity contribution in [1.82, 2.24) is 4.90 Å². The third kappa shape index (κ3) is 5.49. The van der Waals surface area contributed by atoms with Crippen molar-refractivity contribution in [1.29, 1.82) is 0 Å². The Balaban J connectivity index is 1.41. The van der Waals surface area contributed by atoms with Crippen LogP contribution in [0, 0.1) is 5.82 Å². The summed E-state index contributed by atoms with van der Waals surface area (Å²) < 4.78 is 25.0. The minimum atomic E-state index is -0.673. The molecule has 10 heteroatoms. The molecule has 3 aromatic carbocycles. The van der Waals surface area contributed by atoms with E-state index in [-0.39, 0.29) is 37.4 Å². The second-order valence-electron chi connectivity index (χ2n) is 7.85. The second kappa shape index (κ2) is 10.1. The molecule has 1 unspecified atom stereocenters. The highest BCUT2D eigenvalue weighted by Crippen LogP contribution is 2.35. The van der Waals surface area contributed by atoms with Gasteiger partial charge in [-0.3, -0.25) is 14.5 Å². The van der Waals surface area contributed by atoms with Gasteiger partial charge in [-0.2, -0.15) is 0 Å². The molecule has 7 nitrogen and oxygen atoms in total. The first-order valence-electron chi connectivity index (χ1n) is 10.7. The Kier molecular flexibility index (Phi) is 6.74. The van der Waals surface area contributed by atoms with E-state index < -0.39 is 5.25 Å². The third-order valence-corrected chi connectivity index (χ3v) is 7.03. The van der Waals surface area contributed by atoms with E-state index in [1.54, 1.807) is 18.2 Å². The van der Waals surface area contributed by atoms with Gasteiger partial charge in [-0.25, -0.2) is 9.38 Å². The number of halogens is 2. The summed E-state index contributed by atoms with van der Waals surface area (Å²) in [6.07, 6.45) is 0.0114. The van der Waals surface area contributed by atoms with E-state index in [0.717, 1.165) is 10.0 Å². The van der Waals surface area contributed by atoms with E-state index in [2.05, 4.69) is 26.2 Å². The van der Waals surface area contributed by atoms with Gasteiger partial charge in [-0.15, -0.1) is 0 Å². The summed E-state index contributed by atoms with van der Waals surface area (Å²) in [4.78, 5) is 32.4. The molecule has 0 aliphatic carbocycles. The first kappa shape index (κ1) is 23.4. The van der Waals surface area contributed by atoms with Crippen LogP contribution in [-0.2, 0) is 16.1 Å². The highest BCUT2D eigenvalue weighted by Gasteiger charge is 2.36. The Morgan fingerprint density at radius 2 is 1.91 bits per heavy atom. The molecular formula is C25H19BrFN3O4S. The van der Waals surface area contributed by atoms with E-state index in [4.69, 9.17) is 9.47 Å². The maximum absolute atomic E-state index is 13.4. The zero-order valence-corrected chi connectivity index (χ0v) is 20.6. The van der Waals surface area contributed by atoms with Crippen molar-refractivity contribution in [3.63, 3.8) is 0 Å². The number of ether oxygens (including phenoxy) is 2. The van der Waals surface area contributed by atoms with Gasteiger partial charge in [0.1, 0.15) is 11.1 Å². The molecule has 1 fully saturated rings. The van der Waals surface area contributed by atoms with Crippen LogP contribution in [0.15, 0.2) is 76.2 Å². The second-order valence-corrected chi connectivity index (χ2v) is 9.93. The van der Waals surface area contributed by atoms with Crippen molar-refractivity contribution < 1.29 is 23.5 Å². The van der Waals surface area contributed by atoms with Crippen molar-refractivity contribution in [3.8, 4) is 11.5 Å². The maximum atomic E-state index is 13.4. The lowest BCUT2D eigenvalue weighted by molar-refractivity contribution is -0.129. The average Bonchev–Trinajstić information content (AvgIpc) is 3.30. The molecule has 1 atom stereocenters. The molecule has 0 aromatic heterocycles. The fraction of sp³-hybridized carbons (Fsp3) is 0.160. The molecule has 2 aliphatic heterocycles. The third-order valence-electron chi connectivity index (χ3n) is 5.35. The van der Waals surface area contributed by atoms with Crippen LogP contribution < -0.4 is 14.8 Å². The summed E-state index contributed by atoms with van der Waals surface area (Å²) in [6.45, 7) is 0.395. The van der Waals surface area contributed by atoms with Gasteiger partial charge in [0.05, 0.1) is 12.2 Å². The maximum Gasteiger partial charge on any atom is 0.238 e. The van der Waals surface area contributed by atoms with E-state index in [1.807, 2.05) is 24.3 Å². The number of nitrogens with zero attached hydrogens (tertiary/aromatic N) is 2. The number of benzene rings is 3. The molecule has 5 rings (SSSR count). The Labute approximate surface area is 213 Å². The number of nitrogens with one attached hydrogen (secondary N) is 1. The summed E-state index contributed by atoms with van der Waals surface area (Å²) in [5.41, 5.74) is 1.93. The number of fused-ring (bicyclic) bond motifs is 1. The van der Waals surface area contributed by atoms with Crippen LogP contribution in [0.4, 0.5) is 15.8 Å². The van der Waals surface area contributed by atoms with Crippen molar-refractivity contribution in [3.05, 3.63) is 82.6 Å². The minimum Gasteiger partial charge on any atom is -0.454 e. The number of anilines is 1. The van der Waals surface area contributed by atoms with Crippen LogP contribution in [0.1, 0.15) is 12.0 Å². The van der Waals surface area contributed by atoms with Crippen molar-refractivity contribution in [2.24, 2.45) is 4.99 Å². The topological polar surface area (TPSA) is 80.2 Å². The summed E-state index contributed by atoms with van der Waals surface area (Å²) in [5.74, 6) is 0.345. The molecule has 0 spiro atoms. The molecule has 3 aromatic rings. The van der Waals surface area contributed by atoms with E-state index in [9.17, 15) is 14.0 Å². The largest absolute Gasteiger partial charge is 0.454 e. The number of aliphatic imine (C=N–C) groups is 1. The Morgan fingerprint density at radius 3 is 2.71 bits per heavy atom. The lowest BCUT2D eigenvalue weighted by atomic mass is 10.1. The van der Waals surface area contributed by atoms with Crippen molar-refractivity contribution >= 4 is 56.0 Å². The number of amides is 2. The lowest BCUT2D eigenvalue weighted by Crippen LogP contribution is -2.44. The van der Waals surface area contributed by atoms with Crippen LogP contribution in [0.3, 0.4) is 0 Å². The summed E-state index contributed by atoms with van der Waals surface area (Å²) in [7, 11) is 0. The summed E-state index contributed by atoms with van der Waals surface area (Å²) in [6, 6.07) is 18.4. The molecule has 2 aliphatic rings. The summed E-state index contributed by atoms with van der Waals surface area (Å²) in [5, 5.41) is 2.55. The van der Waals surface area contributed by atoms with Gasteiger partial charge in [-0.1, -0.05) is 39.8 Å². The van der Waals surface area contributed by atoms with Gasteiger partial charge in [0.25, 0.3) is 0 Å². The fourth-order valence-electron chi connectivity index (χ4n) is 3.63. The van der Waals surface area contributed by atoms with Gasteiger partial charge in [-0.05, 0) is 60.2 Å². The number of thioether (sulfide) groups is 1. The first-order valence-corrected chi connectivity index (χ1v) is 12.4. The van der Waals surface area contributed by atoms with Crippen LogP contribution in [0.2, 0.25) is 0 Å². The summed E-state index contributed by atoms with van der Waals surface area (Å²) >= 11 is 4.59. The van der Waals surface area contributed by atoms with Gasteiger partial charge >= 0.3 is 0 Å². The molecule has 0 bridgehead atoms. The zero-order chi connectivity index (χ0) is 24.4. The highest BCUT2D eigenvalue weighted by molar-refractivity contribution is 9.10. The predicted molar refractivity (Wildman–Crippen MR) is 135 cm³/mol. The standard InChI is InChI=1S/C25H19BrFN3O4S/c26-16-2-1-3-19(11-16)28-24(32)22-12-23(31)30(13-15-4-9-20-21(10-15)34-14-33-20)25(35-22)29-18-7-5-17(27)6-8-18/h1-11,22H,12-14H2,(H,28,32). The number of hydrogen-bond acceptors (Lipinski definition) is 6. The number of amidine groups is 1. The average molecular weight is 556 g/mol. The van der Waals surface area contributed by atoms with Gasteiger partial charge in [0.2, 0.25) is 18.6 Å². The van der Waals surface area contributed by atoms with Gasteiger partial charge < -0.3 is 14.8 Å². The quantitative estimate of drug-likeness (QED) is 0.451. The monoisotopic (exact) mass is 555 g/mol. The van der Waals surface area contributed by atoms with Gasteiger partial charge in [0, 0.05) is 16.6 Å². The number of carbonyl (C=O) groups is 2.